The number of nitrogens with two attached hydrogens (primary N) is 1. The maximum absolute atomic E-state index is 12.4. The van der Waals surface area contributed by atoms with Gasteiger partial charge in [-0.15, -0.1) is 11.3 Å². The first-order chi connectivity index (χ1) is 9.52. The summed E-state index contributed by atoms with van der Waals surface area (Å²) in [6.45, 7) is 7.28. The van der Waals surface area contributed by atoms with Crippen LogP contribution in [0.3, 0.4) is 0 Å². The average molecular weight is 311 g/mol. The molecule has 2 heterocycles. The Hall–Kier alpha value is -0.980. The molecule has 2 N–H and O–H groups in total. The molecule has 110 valence electrons. The van der Waals surface area contributed by atoms with Crippen LogP contribution < -0.4 is 5.73 Å². The fourth-order valence-electron chi connectivity index (χ4n) is 2.58. The van der Waals surface area contributed by atoms with E-state index in [2.05, 4.69) is 11.8 Å². The molecule has 1 aliphatic rings. The lowest BCUT2D eigenvalue weighted by Gasteiger charge is -2.38. The van der Waals surface area contributed by atoms with Crippen molar-refractivity contribution in [2.75, 3.05) is 26.2 Å². The van der Waals surface area contributed by atoms with Gasteiger partial charge in [0.2, 0.25) is 0 Å². The molecule has 1 fully saturated rings. The Bertz CT molecular complexity index is 492. The molecular weight excluding hydrogens is 290 g/mol. The summed E-state index contributed by atoms with van der Waals surface area (Å²) in [7, 11) is 0. The van der Waals surface area contributed by atoms with Gasteiger partial charge in [0.15, 0.2) is 0 Å². The van der Waals surface area contributed by atoms with Crippen molar-refractivity contribution in [2.45, 2.75) is 26.3 Å². The predicted molar refractivity (Wildman–Crippen MR) is 87.4 cm³/mol. The number of piperazine rings is 1. The van der Waals surface area contributed by atoms with Crippen LogP contribution in [0.2, 0.25) is 0 Å². The zero-order valence-corrected chi connectivity index (χ0v) is 13.6. The number of rotatable bonds is 4. The van der Waals surface area contributed by atoms with Crippen LogP contribution in [0.15, 0.2) is 12.1 Å². The monoisotopic (exact) mass is 311 g/mol. The smallest absolute Gasteiger partial charge is 0.264 e. The zero-order chi connectivity index (χ0) is 14.7. The molecule has 1 unspecified atom stereocenters. The summed E-state index contributed by atoms with van der Waals surface area (Å²) >= 11 is 6.67. The molecule has 4 nitrogen and oxygen atoms in total. The van der Waals surface area contributed by atoms with Gasteiger partial charge in [-0.1, -0.05) is 19.1 Å². The number of thiophene rings is 1. The molecule has 2 rings (SSSR count). The molecule has 1 saturated heterocycles. The van der Waals surface area contributed by atoms with Crippen molar-refractivity contribution in [3.8, 4) is 0 Å². The Morgan fingerprint density at radius 2 is 2.05 bits per heavy atom. The lowest BCUT2D eigenvalue weighted by atomic mass is 10.1. The van der Waals surface area contributed by atoms with Crippen LogP contribution in [-0.4, -0.2) is 52.9 Å². The van der Waals surface area contributed by atoms with E-state index in [1.54, 1.807) is 11.3 Å². The highest BCUT2D eigenvalue weighted by Crippen LogP contribution is 2.19. The molecule has 0 radical (unpaired) electrons. The van der Waals surface area contributed by atoms with Gasteiger partial charge in [0.25, 0.3) is 5.91 Å². The van der Waals surface area contributed by atoms with Gasteiger partial charge in [-0.3, -0.25) is 9.69 Å². The molecule has 0 saturated carbocycles. The van der Waals surface area contributed by atoms with E-state index in [4.69, 9.17) is 18.0 Å². The zero-order valence-electron chi connectivity index (χ0n) is 12.0. The van der Waals surface area contributed by atoms with Crippen LogP contribution >= 0.6 is 23.6 Å². The molecule has 0 aliphatic carbocycles. The number of carbonyl (C=O) groups is 1. The molecule has 0 spiro atoms. The van der Waals surface area contributed by atoms with Gasteiger partial charge in [0.05, 0.1) is 15.9 Å². The Morgan fingerprint density at radius 1 is 1.40 bits per heavy atom. The van der Waals surface area contributed by atoms with Crippen molar-refractivity contribution in [2.24, 2.45) is 5.73 Å². The van der Waals surface area contributed by atoms with E-state index in [0.717, 1.165) is 37.5 Å². The molecule has 0 bridgehead atoms. The quantitative estimate of drug-likeness (QED) is 0.863. The predicted octanol–water partition coefficient (Wildman–Crippen LogP) is 1.88. The topological polar surface area (TPSA) is 49.6 Å². The van der Waals surface area contributed by atoms with Crippen LogP contribution in [-0.2, 0) is 0 Å². The van der Waals surface area contributed by atoms with Gasteiger partial charge in [-0.2, -0.15) is 0 Å². The van der Waals surface area contributed by atoms with Gasteiger partial charge >= 0.3 is 0 Å². The third-order valence-corrected chi connectivity index (χ3v) is 4.97. The number of thiocarbonyl (C=S) groups is 1. The highest BCUT2D eigenvalue weighted by atomic mass is 32.1. The molecule has 1 aromatic rings. The third-order valence-electron chi connectivity index (χ3n) is 3.71. The maximum atomic E-state index is 12.4. The van der Waals surface area contributed by atoms with E-state index in [1.165, 1.54) is 4.88 Å². The fourth-order valence-corrected chi connectivity index (χ4v) is 3.73. The van der Waals surface area contributed by atoms with Crippen molar-refractivity contribution in [1.82, 2.24) is 9.80 Å². The second kappa shape index (κ2) is 6.65. The number of hydrogen-bond acceptors (Lipinski definition) is 4. The Kier molecular flexibility index (Phi) is 5.12. The normalized spacial score (nSPS) is 18.0. The minimum atomic E-state index is 0.145. The highest BCUT2D eigenvalue weighted by Gasteiger charge is 2.27. The first kappa shape index (κ1) is 15.4. The Labute approximate surface area is 129 Å². The number of amides is 1. The van der Waals surface area contributed by atoms with E-state index in [0.29, 0.717) is 4.99 Å². The van der Waals surface area contributed by atoms with Crippen LogP contribution in [0.25, 0.3) is 0 Å². The minimum absolute atomic E-state index is 0.145. The number of carbonyl (C=O) groups excluding carboxylic acids is 1. The second-order valence-electron chi connectivity index (χ2n) is 5.06. The number of aryl methyl sites for hydroxylation is 1. The van der Waals surface area contributed by atoms with Crippen molar-refractivity contribution in [1.29, 1.82) is 0 Å². The third kappa shape index (κ3) is 3.37. The number of nitrogens with zero attached hydrogens (tertiary/aromatic N) is 2. The second-order valence-corrected chi connectivity index (χ2v) is 6.82. The summed E-state index contributed by atoms with van der Waals surface area (Å²) in [5.41, 5.74) is 5.78. The van der Waals surface area contributed by atoms with Gasteiger partial charge in [-0.05, 0) is 25.5 Å². The van der Waals surface area contributed by atoms with E-state index < -0.39 is 0 Å². The highest BCUT2D eigenvalue weighted by molar-refractivity contribution is 7.80. The first-order valence-electron chi connectivity index (χ1n) is 6.92. The summed E-state index contributed by atoms with van der Waals surface area (Å²) in [6, 6.07) is 4.07. The average Bonchev–Trinajstić information content (AvgIpc) is 2.86. The largest absolute Gasteiger partial charge is 0.392 e. The molecule has 20 heavy (non-hydrogen) atoms. The maximum Gasteiger partial charge on any atom is 0.264 e. The van der Waals surface area contributed by atoms with Crippen LogP contribution in [0.5, 0.6) is 0 Å². The summed E-state index contributed by atoms with van der Waals surface area (Å²) in [4.78, 5) is 19.1. The Balaban J connectivity index is 1.94. The summed E-state index contributed by atoms with van der Waals surface area (Å²) < 4.78 is 0. The standard InChI is InChI=1S/C14H21N3OS2/c1-3-11(13(15)19)16-6-8-17(9-7-16)14(18)12-5-4-10(2)20-12/h4-5,11H,3,6-9H2,1-2H3,(H2,15,19). The van der Waals surface area contributed by atoms with Crippen LogP contribution in [0.4, 0.5) is 0 Å². The van der Waals surface area contributed by atoms with Gasteiger partial charge in [0.1, 0.15) is 0 Å². The molecule has 1 atom stereocenters. The molecule has 0 aromatic carbocycles. The van der Waals surface area contributed by atoms with Crippen molar-refractivity contribution in [3.05, 3.63) is 21.9 Å². The summed E-state index contributed by atoms with van der Waals surface area (Å²) in [5, 5.41) is 0. The fraction of sp³-hybridized carbons (Fsp3) is 0.571. The molecule has 1 aliphatic heterocycles. The Morgan fingerprint density at radius 3 is 2.50 bits per heavy atom. The van der Waals surface area contributed by atoms with Crippen LogP contribution in [0, 0.1) is 6.92 Å². The van der Waals surface area contributed by atoms with E-state index in [1.807, 2.05) is 24.0 Å². The molecule has 6 heteroatoms. The minimum Gasteiger partial charge on any atom is -0.392 e. The van der Waals surface area contributed by atoms with Crippen molar-refractivity contribution >= 4 is 34.5 Å². The lowest BCUT2D eigenvalue weighted by molar-refractivity contribution is 0.0616. The summed E-state index contributed by atoms with van der Waals surface area (Å²) in [5.74, 6) is 0.145. The summed E-state index contributed by atoms with van der Waals surface area (Å²) in [6.07, 6.45) is 0.924. The van der Waals surface area contributed by atoms with E-state index in [-0.39, 0.29) is 11.9 Å². The molecule has 1 amide bonds. The van der Waals surface area contributed by atoms with Crippen molar-refractivity contribution in [3.63, 3.8) is 0 Å². The van der Waals surface area contributed by atoms with Crippen LogP contribution in [0.1, 0.15) is 27.9 Å². The SMILES string of the molecule is CCC(C(N)=S)N1CCN(C(=O)c2ccc(C)s2)CC1. The van der Waals surface area contributed by atoms with Gasteiger partial charge in [-0.25, -0.2) is 0 Å². The molecule has 1 aromatic heterocycles. The van der Waals surface area contributed by atoms with E-state index in [9.17, 15) is 4.79 Å². The van der Waals surface area contributed by atoms with E-state index >= 15 is 0 Å². The number of hydrogen-bond donors (Lipinski definition) is 1. The first-order valence-corrected chi connectivity index (χ1v) is 8.14. The lowest BCUT2D eigenvalue weighted by Crippen LogP contribution is -2.54. The van der Waals surface area contributed by atoms with Gasteiger partial charge in [0, 0.05) is 31.1 Å². The molecular formula is C14H21N3OS2. The van der Waals surface area contributed by atoms with Crippen molar-refractivity contribution < 1.29 is 4.79 Å². The van der Waals surface area contributed by atoms with Gasteiger partial charge < -0.3 is 10.6 Å².